The first-order valence-corrected chi connectivity index (χ1v) is 12.6. The Kier molecular flexibility index (Phi) is 6.56. The fraction of sp³-hybridized carbons (Fsp3) is 0.414. The maximum absolute atomic E-state index is 13.7. The summed E-state index contributed by atoms with van der Waals surface area (Å²) in [4.78, 5) is 45.8. The van der Waals surface area contributed by atoms with Gasteiger partial charge in [-0.3, -0.25) is 24.2 Å². The zero-order valence-corrected chi connectivity index (χ0v) is 20.4. The van der Waals surface area contributed by atoms with Crippen LogP contribution < -0.4 is 0 Å². The minimum absolute atomic E-state index is 0.0171. The number of likely N-dealkylation sites (tertiary alicyclic amines) is 1. The molecule has 6 nitrogen and oxygen atoms in total. The number of carbonyl (C=O) groups excluding carboxylic acids is 3. The van der Waals surface area contributed by atoms with Crippen LogP contribution in [-0.2, 0) is 19.8 Å². The molecule has 0 aromatic heterocycles. The molecule has 0 radical (unpaired) electrons. The van der Waals surface area contributed by atoms with Gasteiger partial charge in [-0.05, 0) is 36.5 Å². The van der Waals surface area contributed by atoms with Crippen LogP contribution in [0.4, 0.5) is 0 Å². The summed E-state index contributed by atoms with van der Waals surface area (Å²) in [6, 6.07) is 17.9. The lowest BCUT2D eigenvalue weighted by atomic mass is 9.74. The molecule has 0 N–H and O–H groups in total. The molecule has 2 heterocycles. The highest BCUT2D eigenvalue weighted by molar-refractivity contribution is 6.11. The molecule has 1 saturated carbocycles. The fourth-order valence-corrected chi connectivity index (χ4v) is 5.47. The maximum Gasteiger partial charge on any atom is 0.241 e. The lowest BCUT2D eigenvalue weighted by Crippen LogP contribution is -2.51. The molecule has 2 aliphatic heterocycles. The van der Waals surface area contributed by atoms with Gasteiger partial charge in [0.2, 0.25) is 17.7 Å². The first-order valence-electron chi connectivity index (χ1n) is 12.6. The Hall–Kier alpha value is -3.25. The van der Waals surface area contributed by atoms with E-state index < -0.39 is 5.41 Å². The van der Waals surface area contributed by atoms with Gasteiger partial charge in [-0.25, -0.2) is 0 Å². The van der Waals surface area contributed by atoms with Gasteiger partial charge in [0.25, 0.3) is 0 Å². The van der Waals surface area contributed by atoms with E-state index in [1.165, 1.54) is 10.5 Å². The molecule has 3 amide bonds. The van der Waals surface area contributed by atoms with Crippen molar-refractivity contribution in [1.82, 2.24) is 14.7 Å². The quantitative estimate of drug-likeness (QED) is 0.581. The summed E-state index contributed by atoms with van der Waals surface area (Å²) < 4.78 is 0. The highest BCUT2D eigenvalue weighted by Crippen LogP contribution is 2.45. The van der Waals surface area contributed by atoms with Crippen molar-refractivity contribution in [3.8, 4) is 0 Å². The molecular weight excluding hydrogens is 438 g/mol. The summed E-state index contributed by atoms with van der Waals surface area (Å²) in [6.45, 7) is 5.66. The van der Waals surface area contributed by atoms with Crippen LogP contribution in [0.2, 0.25) is 0 Å². The van der Waals surface area contributed by atoms with Gasteiger partial charge in [-0.1, -0.05) is 66.7 Å². The van der Waals surface area contributed by atoms with Gasteiger partial charge >= 0.3 is 0 Å². The van der Waals surface area contributed by atoms with Crippen LogP contribution in [0.15, 0.2) is 60.7 Å². The third kappa shape index (κ3) is 4.80. The zero-order valence-electron chi connectivity index (χ0n) is 20.4. The smallest absolute Gasteiger partial charge is 0.241 e. The Morgan fingerprint density at radius 2 is 1.66 bits per heavy atom. The first-order chi connectivity index (χ1) is 17.0. The number of piperazine rings is 1. The molecule has 3 fully saturated rings. The Morgan fingerprint density at radius 1 is 0.971 bits per heavy atom. The predicted molar refractivity (Wildman–Crippen MR) is 135 cm³/mol. The molecule has 2 aromatic rings. The molecule has 6 heteroatoms. The Morgan fingerprint density at radius 3 is 2.34 bits per heavy atom. The molecule has 182 valence electrons. The minimum Gasteiger partial charge on any atom is -0.340 e. The lowest BCUT2D eigenvalue weighted by molar-refractivity contribution is -0.143. The van der Waals surface area contributed by atoms with Crippen molar-refractivity contribution >= 4 is 23.8 Å². The third-order valence-electron chi connectivity index (χ3n) is 7.57. The van der Waals surface area contributed by atoms with Crippen molar-refractivity contribution in [3.63, 3.8) is 0 Å². The summed E-state index contributed by atoms with van der Waals surface area (Å²) in [6.07, 6.45) is 6.17. The van der Waals surface area contributed by atoms with Crippen LogP contribution in [0.3, 0.4) is 0 Å². The van der Waals surface area contributed by atoms with Crippen LogP contribution in [-0.4, -0.2) is 71.2 Å². The van der Waals surface area contributed by atoms with Gasteiger partial charge in [0.1, 0.15) is 0 Å². The average molecular weight is 472 g/mol. The van der Waals surface area contributed by atoms with Crippen LogP contribution in [0.25, 0.3) is 6.08 Å². The van der Waals surface area contributed by atoms with Gasteiger partial charge in [-0.15, -0.1) is 0 Å². The number of hydrogen-bond donors (Lipinski definition) is 0. The molecule has 3 aliphatic rings. The molecular formula is C29H33N3O3. The Balaban J connectivity index is 1.26. The van der Waals surface area contributed by atoms with Gasteiger partial charge < -0.3 is 4.90 Å². The van der Waals surface area contributed by atoms with E-state index in [-0.39, 0.29) is 36.6 Å². The van der Waals surface area contributed by atoms with Crippen molar-refractivity contribution in [2.24, 2.45) is 0 Å². The van der Waals surface area contributed by atoms with Crippen molar-refractivity contribution in [3.05, 3.63) is 77.4 Å². The monoisotopic (exact) mass is 471 g/mol. The number of hydrogen-bond acceptors (Lipinski definition) is 4. The number of rotatable bonds is 7. The molecule has 0 spiro atoms. The van der Waals surface area contributed by atoms with Crippen molar-refractivity contribution in [2.45, 2.75) is 44.1 Å². The largest absolute Gasteiger partial charge is 0.340 e. The van der Waals surface area contributed by atoms with Crippen molar-refractivity contribution < 1.29 is 14.4 Å². The number of benzene rings is 2. The summed E-state index contributed by atoms with van der Waals surface area (Å²) in [5.74, 6) is -0.354. The second-order valence-electron chi connectivity index (χ2n) is 10.0. The van der Waals surface area contributed by atoms with E-state index in [1.807, 2.05) is 54.3 Å². The van der Waals surface area contributed by atoms with Crippen LogP contribution in [0, 0.1) is 6.92 Å². The lowest BCUT2D eigenvalue weighted by Gasteiger charge is -2.36. The summed E-state index contributed by atoms with van der Waals surface area (Å²) in [7, 11) is 0. The zero-order chi connectivity index (χ0) is 24.4. The Labute approximate surface area is 207 Å². The first kappa shape index (κ1) is 23.5. The molecule has 35 heavy (non-hydrogen) atoms. The van der Waals surface area contributed by atoms with E-state index in [0.29, 0.717) is 13.1 Å². The van der Waals surface area contributed by atoms with Gasteiger partial charge in [-0.2, -0.15) is 0 Å². The molecule has 2 aromatic carbocycles. The summed E-state index contributed by atoms with van der Waals surface area (Å²) in [5, 5.41) is 0. The second-order valence-corrected chi connectivity index (χ2v) is 10.0. The van der Waals surface area contributed by atoms with E-state index >= 15 is 0 Å². The molecule has 1 aliphatic carbocycles. The summed E-state index contributed by atoms with van der Waals surface area (Å²) >= 11 is 0. The van der Waals surface area contributed by atoms with Crippen molar-refractivity contribution in [2.75, 3.05) is 32.7 Å². The molecule has 5 rings (SSSR count). The van der Waals surface area contributed by atoms with Crippen LogP contribution in [0.5, 0.6) is 0 Å². The summed E-state index contributed by atoms with van der Waals surface area (Å²) in [5.41, 5.74) is 1.87. The number of carbonyl (C=O) groups is 3. The van der Waals surface area contributed by atoms with Gasteiger partial charge in [0, 0.05) is 51.6 Å². The van der Waals surface area contributed by atoms with Gasteiger partial charge in [0.05, 0.1) is 5.41 Å². The highest BCUT2D eigenvalue weighted by Gasteiger charge is 2.57. The third-order valence-corrected chi connectivity index (χ3v) is 7.57. The van der Waals surface area contributed by atoms with E-state index in [2.05, 4.69) is 29.2 Å². The van der Waals surface area contributed by atoms with Crippen LogP contribution in [0.1, 0.15) is 42.4 Å². The SMILES string of the molecule is Cc1ccccc1C1(CC(=O)N2CCN(CC=Cc3ccccc3)CC2)CC(=O)N(C2CC2)C1=O. The van der Waals surface area contributed by atoms with Gasteiger partial charge in [0.15, 0.2) is 0 Å². The van der Waals surface area contributed by atoms with E-state index in [1.54, 1.807) is 0 Å². The van der Waals surface area contributed by atoms with Crippen molar-refractivity contribution in [1.29, 1.82) is 0 Å². The molecule has 1 unspecified atom stereocenters. The van der Waals surface area contributed by atoms with Crippen LogP contribution >= 0.6 is 0 Å². The second kappa shape index (κ2) is 9.78. The topological polar surface area (TPSA) is 60.9 Å². The standard InChI is InChI=1S/C29H33N3O3/c1-22-8-5-6-12-25(22)29(21-27(34)32(28(29)35)24-13-14-24)20-26(33)31-18-16-30(17-19-31)15-7-11-23-9-3-2-4-10-23/h2-12,24H,13-21H2,1H3. The number of imide groups is 1. The Bertz CT molecular complexity index is 1130. The maximum atomic E-state index is 13.7. The number of aryl methyl sites for hydroxylation is 1. The number of amides is 3. The van der Waals surface area contributed by atoms with E-state index in [9.17, 15) is 14.4 Å². The normalized spacial score (nSPS) is 23.5. The highest BCUT2D eigenvalue weighted by atomic mass is 16.2. The average Bonchev–Trinajstić information content (AvgIpc) is 3.66. The fourth-order valence-electron chi connectivity index (χ4n) is 5.47. The molecule has 2 saturated heterocycles. The molecule has 1 atom stereocenters. The van der Waals surface area contributed by atoms with E-state index in [0.717, 1.165) is 43.6 Å². The number of nitrogens with zero attached hydrogens (tertiary/aromatic N) is 3. The minimum atomic E-state index is -1.09. The van der Waals surface area contributed by atoms with E-state index in [4.69, 9.17) is 0 Å². The molecule has 0 bridgehead atoms. The predicted octanol–water partition coefficient (Wildman–Crippen LogP) is 3.40.